The van der Waals surface area contributed by atoms with Gasteiger partial charge in [-0.1, -0.05) is 0 Å². The molecular weight excluding hydrogens is 206 g/mol. The van der Waals surface area contributed by atoms with Gasteiger partial charge in [-0.05, 0) is 31.7 Å². The summed E-state index contributed by atoms with van der Waals surface area (Å²) < 4.78 is 4.86. The average Bonchev–Trinajstić information content (AvgIpc) is 3.11. The number of esters is 1. The standard InChI is InChI=1S/C11H15N3O2/c1-2-16-10(15)9-5-6-12-11(14-9)13-7-8-3-4-8/h5-6,8H,2-4,7H2,1H3,(H,12,13,14). The fraction of sp³-hybridized carbons (Fsp3) is 0.545. The van der Waals surface area contributed by atoms with Crippen molar-refractivity contribution in [2.45, 2.75) is 19.8 Å². The zero-order chi connectivity index (χ0) is 11.4. The number of nitrogens with one attached hydrogen (secondary N) is 1. The zero-order valence-corrected chi connectivity index (χ0v) is 9.27. The Morgan fingerprint density at radius 1 is 1.62 bits per heavy atom. The Bertz CT molecular complexity index is 377. The van der Waals surface area contributed by atoms with Crippen molar-refractivity contribution >= 4 is 11.9 Å². The first kappa shape index (κ1) is 10.9. The Balaban J connectivity index is 1.97. The quantitative estimate of drug-likeness (QED) is 0.763. The van der Waals surface area contributed by atoms with Crippen LogP contribution in [0.3, 0.4) is 0 Å². The highest BCUT2D eigenvalue weighted by molar-refractivity contribution is 5.87. The molecule has 1 heterocycles. The second kappa shape index (κ2) is 4.92. The molecule has 1 saturated carbocycles. The maximum atomic E-state index is 11.4. The van der Waals surface area contributed by atoms with Crippen LogP contribution < -0.4 is 5.32 Å². The Labute approximate surface area is 94.2 Å². The number of carbonyl (C=O) groups is 1. The van der Waals surface area contributed by atoms with Crippen LogP contribution >= 0.6 is 0 Å². The average molecular weight is 221 g/mol. The minimum atomic E-state index is -0.403. The van der Waals surface area contributed by atoms with Crippen molar-refractivity contribution in [3.8, 4) is 0 Å². The molecule has 5 heteroatoms. The fourth-order valence-corrected chi connectivity index (χ4v) is 1.32. The summed E-state index contributed by atoms with van der Waals surface area (Å²) in [5, 5.41) is 3.11. The summed E-state index contributed by atoms with van der Waals surface area (Å²) >= 11 is 0. The van der Waals surface area contributed by atoms with Gasteiger partial charge in [-0.2, -0.15) is 0 Å². The van der Waals surface area contributed by atoms with Gasteiger partial charge in [0, 0.05) is 12.7 Å². The highest BCUT2D eigenvalue weighted by atomic mass is 16.5. The lowest BCUT2D eigenvalue weighted by Gasteiger charge is -2.05. The summed E-state index contributed by atoms with van der Waals surface area (Å²) in [5.41, 5.74) is 0.301. The summed E-state index contributed by atoms with van der Waals surface area (Å²) in [6.45, 7) is 3.01. The van der Waals surface area contributed by atoms with Crippen LogP contribution in [-0.4, -0.2) is 29.1 Å². The Morgan fingerprint density at radius 3 is 3.12 bits per heavy atom. The zero-order valence-electron chi connectivity index (χ0n) is 9.27. The van der Waals surface area contributed by atoms with E-state index in [-0.39, 0.29) is 0 Å². The smallest absolute Gasteiger partial charge is 0.357 e. The van der Waals surface area contributed by atoms with E-state index in [0.29, 0.717) is 18.2 Å². The summed E-state index contributed by atoms with van der Waals surface area (Å²) in [5.74, 6) is 0.840. The Hall–Kier alpha value is -1.65. The lowest BCUT2D eigenvalue weighted by Crippen LogP contribution is -2.11. The van der Waals surface area contributed by atoms with Crippen molar-refractivity contribution in [1.82, 2.24) is 9.97 Å². The lowest BCUT2D eigenvalue weighted by molar-refractivity contribution is 0.0519. The number of aromatic nitrogens is 2. The van der Waals surface area contributed by atoms with Crippen molar-refractivity contribution in [1.29, 1.82) is 0 Å². The molecule has 1 aliphatic rings. The molecule has 16 heavy (non-hydrogen) atoms. The highest BCUT2D eigenvalue weighted by Gasteiger charge is 2.21. The van der Waals surface area contributed by atoms with Crippen molar-refractivity contribution < 1.29 is 9.53 Å². The van der Waals surface area contributed by atoms with Crippen LogP contribution in [-0.2, 0) is 4.74 Å². The van der Waals surface area contributed by atoms with E-state index in [1.807, 2.05) is 0 Å². The van der Waals surface area contributed by atoms with Gasteiger partial charge in [0.05, 0.1) is 6.61 Å². The van der Waals surface area contributed by atoms with E-state index >= 15 is 0 Å². The van der Waals surface area contributed by atoms with Crippen molar-refractivity contribution in [3.05, 3.63) is 18.0 Å². The number of anilines is 1. The summed E-state index contributed by atoms with van der Waals surface area (Å²) in [6.07, 6.45) is 4.10. The van der Waals surface area contributed by atoms with E-state index < -0.39 is 5.97 Å². The van der Waals surface area contributed by atoms with E-state index in [1.165, 1.54) is 12.8 Å². The molecule has 1 fully saturated rings. The second-order valence-corrected chi connectivity index (χ2v) is 3.81. The number of rotatable bonds is 5. The molecule has 5 nitrogen and oxygen atoms in total. The largest absolute Gasteiger partial charge is 0.461 e. The van der Waals surface area contributed by atoms with Gasteiger partial charge in [0.2, 0.25) is 5.95 Å². The van der Waals surface area contributed by atoms with Crippen LogP contribution in [0.15, 0.2) is 12.3 Å². The molecule has 0 saturated heterocycles. The van der Waals surface area contributed by atoms with Gasteiger partial charge in [-0.3, -0.25) is 0 Å². The third-order valence-electron chi connectivity index (χ3n) is 2.39. The molecule has 0 spiro atoms. The number of hydrogen-bond donors (Lipinski definition) is 1. The predicted molar refractivity (Wildman–Crippen MR) is 59.2 cm³/mol. The van der Waals surface area contributed by atoms with E-state index in [0.717, 1.165) is 12.5 Å². The van der Waals surface area contributed by atoms with Crippen LogP contribution in [0.25, 0.3) is 0 Å². The molecular formula is C11H15N3O2. The van der Waals surface area contributed by atoms with Gasteiger partial charge in [0.15, 0.2) is 5.69 Å². The summed E-state index contributed by atoms with van der Waals surface area (Å²) in [6, 6.07) is 1.56. The van der Waals surface area contributed by atoms with Crippen molar-refractivity contribution in [2.24, 2.45) is 5.92 Å². The first-order chi connectivity index (χ1) is 7.79. The molecule has 86 valence electrons. The molecule has 0 aliphatic heterocycles. The van der Waals surface area contributed by atoms with Gasteiger partial charge < -0.3 is 10.1 Å². The first-order valence-electron chi connectivity index (χ1n) is 5.53. The molecule has 1 N–H and O–H groups in total. The van der Waals surface area contributed by atoms with E-state index in [1.54, 1.807) is 19.2 Å². The molecule has 1 aromatic heterocycles. The van der Waals surface area contributed by atoms with Crippen LogP contribution in [0.2, 0.25) is 0 Å². The Morgan fingerprint density at radius 2 is 2.44 bits per heavy atom. The van der Waals surface area contributed by atoms with Crippen LogP contribution in [0.4, 0.5) is 5.95 Å². The maximum Gasteiger partial charge on any atom is 0.357 e. The number of nitrogens with zero attached hydrogens (tertiary/aromatic N) is 2. The monoisotopic (exact) mass is 221 g/mol. The van der Waals surface area contributed by atoms with Gasteiger partial charge in [0.1, 0.15) is 0 Å². The molecule has 0 bridgehead atoms. The van der Waals surface area contributed by atoms with Crippen LogP contribution in [0.5, 0.6) is 0 Å². The molecule has 1 aliphatic carbocycles. The van der Waals surface area contributed by atoms with E-state index in [4.69, 9.17) is 4.74 Å². The SMILES string of the molecule is CCOC(=O)c1ccnc(NCC2CC2)n1. The van der Waals surface area contributed by atoms with E-state index in [9.17, 15) is 4.79 Å². The van der Waals surface area contributed by atoms with Gasteiger partial charge in [-0.25, -0.2) is 14.8 Å². The third kappa shape index (κ3) is 2.92. The molecule has 0 aromatic carbocycles. The normalized spacial score (nSPS) is 14.6. The lowest BCUT2D eigenvalue weighted by atomic mass is 10.4. The van der Waals surface area contributed by atoms with Crippen LogP contribution in [0, 0.1) is 5.92 Å². The molecule has 2 rings (SSSR count). The van der Waals surface area contributed by atoms with Gasteiger partial charge >= 0.3 is 5.97 Å². The topological polar surface area (TPSA) is 64.1 Å². The minimum absolute atomic E-state index is 0.301. The van der Waals surface area contributed by atoms with Gasteiger partial charge in [-0.15, -0.1) is 0 Å². The minimum Gasteiger partial charge on any atom is -0.461 e. The second-order valence-electron chi connectivity index (χ2n) is 3.81. The first-order valence-corrected chi connectivity index (χ1v) is 5.53. The molecule has 0 amide bonds. The predicted octanol–water partition coefficient (Wildman–Crippen LogP) is 1.48. The van der Waals surface area contributed by atoms with Crippen molar-refractivity contribution in [2.75, 3.05) is 18.5 Å². The van der Waals surface area contributed by atoms with Gasteiger partial charge in [0.25, 0.3) is 0 Å². The fourth-order valence-electron chi connectivity index (χ4n) is 1.32. The number of ether oxygens (including phenoxy) is 1. The number of hydrogen-bond acceptors (Lipinski definition) is 5. The number of carbonyl (C=O) groups excluding carboxylic acids is 1. The molecule has 0 unspecified atom stereocenters. The molecule has 0 radical (unpaired) electrons. The van der Waals surface area contributed by atoms with E-state index in [2.05, 4.69) is 15.3 Å². The third-order valence-corrected chi connectivity index (χ3v) is 2.39. The highest BCUT2D eigenvalue weighted by Crippen LogP contribution is 2.28. The molecule has 0 atom stereocenters. The Kier molecular flexibility index (Phi) is 3.34. The van der Waals surface area contributed by atoms with Crippen molar-refractivity contribution in [3.63, 3.8) is 0 Å². The summed E-state index contributed by atoms with van der Waals surface area (Å²) in [4.78, 5) is 19.6. The summed E-state index contributed by atoms with van der Waals surface area (Å²) in [7, 11) is 0. The maximum absolute atomic E-state index is 11.4. The van der Waals surface area contributed by atoms with Crippen LogP contribution in [0.1, 0.15) is 30.3 Å². The molecule has 1 aromatic rings.